The van der Waals surface area contributed by atoms with Crippen LogP contribution in [0.1, 0.15) is 10.4 Å². The normalized spacial score (nSPS) is 14.7. The zero-order chi connectivity index (χ0) is 10.7. The van der Waals surface area contributed by atoms with E-state index in [1.54, 1.807) is 18.2 Å². The first-order valence-electron chi connectivity index (χ1n) is 3.88. The van der Waals surface area contributed by atoms with Crippen LogP contribution in [-0.2, 0) is 4.79 Å². The standard InChI is InChI=1S/C9H9Br2NO2/c10-7(8(11)9(13)14)5-2-1-3-6(12)4-5/h1-4,7-8H,12H2,(H,13,14)/t7-,8-/m0/s1. The van der Waals surface area contributed by atoms with Crippen LogP contribution in [0.5, 0.6) is 0 Å². The second-order valence-corrected chi connectivity index (χ2v) is 4.78. The highest BCUT2D eigenvalue weighted by Gasteiger charge is 2.24. The van der Waals surface area contributed by atoms with Crippen LogP contribution in [0, 0.1) is 0 Å². The van der Waals surface area contributed by atoms with Crippen molar-refractivity contribution in [3.05, 3.63) is 29.8 Å². The lowest BCUT2D eigenvalue weighted by atomic mass is 10.1. The first-order chi connectivity index (χ1) is 6.52. The molecule has 0 spiro atoms. The highest BCUT2D eigenvalue weighted by Crippen LogP contribution is 2.32. The molecule has 3 nitrogen and oxygen atoms in total. The Hall–Kier alpha value is -0.550. The lowest BCUT2D eigenvalue weighted by molar-refractivity contribution is -0.136. The van der Waals surface area contributed by atoms with Gasteiger partial charge in [-0.25, -0.2) is 0 Å². The third kappa shape index (κ3) is 2.72. The number of carbonyl (C=O) groups is 1. The van der Waals surface area contributed by atoms with Crippen molar-refractivity contribution in [2.45, 2.75) is 9.65 Å². The first-order valence-corrected chi connectivity index (χ1v) is 5.72. The Morgan fingerprint density at radius 2 is 2.07 bits per heavy atom. The molecule has 0 radical (unpaired) electrons. The number of hydrogen-bond acceptors (Lipinski definition) is 2. The molecule has 0 bridgehead atoms. The second kappa shape index (κ2) is 4.79. The fraction of sp³-hybridized carbons (Fsp3) is 0.222. The van der Waals surface area contributed by atoms with Gasteiger partial charge in [-0.15, -0.1) is 0 Å². The molecule has 0 unspecified atom stereocenters. The van der Waals surface area contributed by atoms with Gasteiger partial charge in [-0.05, 0) is 17.7 Å². The maximum absolute atomic E-state index is 10.7. The summed E-state index contributed by atoms with van der Waals surface area (Å²) in [6.07, 6.45) is 0. The van der Waals surface area contributed by atoms with Crippen molar-refractivity contribution < 1.29 is 9.90 Å². The highest BCUT2D eigenvalue weighted by molar-refractivity contribution is 9.12. The van der Waals surface area contributed by atoms with Gasteiger partial charge in [-0.2, -0.15) is 0 Å². The smallest absolute Gasteiger partial charge is 0.318 e. The van der Waals surface area contributed by atoms with E-state index in [-0.39, 0.29) is 4.83 Å². The highest BCUT2D eigenvalue weighted by atomic mass is 79.9. The number of nitrogen functional groups attached to an aromatic ring is 1. The van der Waals surface area contributed by atoms with Crippen LogP contribution in [0.2, 0.25) is 0 Å². The zero-order valence-electron chi connectivity index (χ0n) is 7.15. The summed E-state index contributed by atoms with van der Waals surface area (Å²) >= 11 is 6.38. The lowest BCUT2D eigenvalue weighted by Gasteiger charge is -2.13. The number of aliphatic carboxylic acids is 1. The minimum Gasteiger partial charge on any atom is -0.480 e. The summed E-state index contributed by atoms with van der Waals surface area (Å²) in [5.41, 5.74) is 7.05. The minimum absolute atomic E-state index is 0.288. The van der Waals surface area contributed by atoms with Gasteiger partial charge in [0.25, 0.3) is 0 Å². The van der Waals surface area contributed by atoms with Crippen molar-refractivity contribution in [2.24, 2.45) is 0 Å². The molecule has 1 aromatic carbocycles. The molecule has 0 aromatic heterocycles. The van der Waals surface area contributed by atoms with E-state index < -0.39 is 10.8 Å². The molecule has 0 saturated heterocycles. The molecule has 0 amide bonds. The molecule has 3 N–H and O–H groups in total. The number of anilines is 1. The summed E-state index contributed by atoms with van der Waals surface area (Å²) in [7, 11) is 0. The average molecular weight is 323 g/mol. The third-order valence-electron chi connectivity index (χ3n) is 1.72. The van der Waals surface area contributed by atoms with E-state index in [1.807, 2.05) is 6.07 Å². The van der Waals surface area contributed by atoms with Gasteiger partial charge in [0.05, 0.1) is 4.83 Å². The van der Waals surface area contributed by atoms with E-state index in [0.29, 0.717) is 5.69 Å². The van der Waals surface area contributed by atoms with Crippen LogP contribution in [0.3, 0.4) is 0 Å². The van der Waals surface area contributed by atoms with Gasteiger partial charge >= 0.3 is 5.97 Å². The Labute approximate surface area is 98.6 Å². The molecule has 0 saturated carbocycles. The van der Waals surface area contributed by atoms with E-state index in [9.17, 15) is 4.79 Å². The van der Waals surface area contributed by atoms with Crippen LogP contribution in [0.25, 0.3) is 0 Å². The number of nitrogens with two attached hydrogens (primary N) is 1. The molecule has 1 rings (SSSR count). The van der Waals surface area contributed by atoms with Gasteiger partial charge in [0.1, 0.15) is 4.83 Å². The summed E-state index contributed by atoms with van der Waals surface area (Å²) in [6, 6.07) is 7.12. The molecule has 0 aliphatic carbocycles. The number of hydrogen-bond donors (Lipinski definition) is 2. The van der Waals surface area contributed by atoms with Crippen molar-refractivity contribution in [3.63, 3.8) is 0 Å². The van der Waals surface area contributed by atoms with E-state index in [2.05, 4.69) is 31.9 Å². The first kappa shape index (κ1) is 11.5. The molecule has 0 aliphatic rings. The van der Waals surface area contributed by atoms with E-state index in [0.717, 1.165) is 5.56 Å². The lowest BCUT2D eigenvalue weighted by Crippen LogP contribution is -2.17. The summed E-state index contributed by atoms with van der Waals surface area (Å²) in [5, 5.41) is 8.77. The predicted molar refractivity (Wildman–Crippen MR) is 62.9 cm³/mol. The molecule has 2 atom stereocenters. The van der Waals surface area contributed by atoms with Gasteiger partial charge in [0.15, 0.2) is 0 Å². The van der Waals surface area contributed by atoms with E-state index >= 15 is 0 Å². The van der Waals surface area contributed by atoms with Crippen LogP contribution in [0.4, 0.5) is 5.69 Å². The minimum atomic E-state index is -0.908. The number of carboxylic acid groups (broad SMARTS) is 1. The summed E-state index contributed by atoms with van der Waals surface area (Å²) in [6.45, 7) is 0. The monoisotopic (exact) mass is 321 g/mol. The fourth-order valence-corrected chi connectivity index (χ4v) is 1.84. The molecule has 0 fully saturated rings. The van der Waals surface area contributed by atoms with Gasteiger partial charge in [0, 0.05) is 5.69 Å². The molecule has 0 heterocycles. The van der Waals surface area contributed by atoms with Gasteiger partial charge < -0.3 is 10.8 Å². The van der Waals surface area contributed by atoms with Crippen LogP contribution < -0.4 is 5.73 Å². The molecule has 1 aromatic rings. The number of rotatable bonds is 3. The third-order valence-corrected chi connectivity index (χ3v) is 4.41. The van der Waals surface area contributed by atoms with Crippen LogP contribution in [0.15, 0.2) is 24.3 Å². The van der Waals surface area contributed by atoms with Crippen molar-refractivity contribution >= 4 is 43.5 Å². The van der Waals surface area contributed by atoms with Crippen LogP contribution >= 0.6 is 31.9 Å². The van der Waals surface area contributed by atoms with E-state index in [4.69, 9.17) is 10.8 Å². The quantitative estimate of drug-likeness (QED) is 0.664. The topological polar surface area (TPSA) is 63.3 Å². The second-order valence-electron chi connectivity index (χ2n) is 2.81. The molecule has 5 heteroatoms. The fourth-order valence-electron chi connectivity index (χ4n) is 1.02. The summed E-state index contributed by atoms with van der Waals surface area (Å²) in [4.78, 5) is 9.74. The van der Waals surface area contributed by atoms with Gasteiger partial charge in [-0.1, -0.05) is 44.0 Å². The molecular formula is C9H9Br2NO2. The number of alkyl halides is 2. The van der Waals surface area contributed by atoms with Crippen molar-refractivity contribution in [1.29, 1.82) is 0 Å². The van der Waals surface area contributed by atoms with Crippen molar-refractivity contribution in [2.75, 3.05) is 5.73 Å². The molecular weight excluding hydrogens is 314 g/mol. The molecule has 76 valence electrons. The van der Waals surface area contributed by atoms with Gasteiger partial charge in [-0.3, -0.25) is 4.79 Å². The maximum Gasteiger partial charge on any atom is 0.318 e. The number of carboxylic acids is 1. The average Bonchev–Trinajstić information content (AvgIpc) is 2.15. The Kier molecular flexibility index (Phi) is 3.95. The molecule has 0 aliphatic heterocycles. The predicted octanol–water partition coefficient (Wildman–Crippen LogP) is 2.55. The van der Waals surface area contributed by atoms with Crippen LogP contribution in [-0.4, -0.2) is 15.9 Å². The Balaban J connectivity index is 2.89. The molecule has 14 heavy (non-hydrogen) atoms. The summed E-state index contributed by atoms with van der Waals surface area (Å²) < 4.78 is 0. The Morgan fingerprint density at radius 3 is 2.57 bits per heavy atom. The Morgan fingerprint density at radius 1 is 1.43 bits per heavy atom. The van der Waals surface area contributed by atoms with E-state index in [1.165, 1.54) is 0 Å². The Bertz CT molecular complexity index is 343. The zero-order valence-corrected chi connectivity index (χ0v) is 10.3. The van der Waals surface area contributed by atoms with Crippen molar-refractivity contribution in [1.82, 2.24) is 0 Å². The van der Waals surface area contributed by atoms with Gasteiger partial charge in [0.2, 0.25) is 0 Å². The largest absolute Gasteiger partial charge is 0.480 e. The SMILES string of the molecule is Nc1cccc([C@H](Br)[C@H](Br)C(=O)O)c1. The number of halogens is 2. The van der Waals surface area contributed by atoms with Crippen molar-refractivity contribution in [3.8, 4) is 0 Å². The number of benzene rings is 1. The summed E-state index contributed by atoms with van der Waals surface area (Å²) in [5.74, 6) is -0.908. The maximum atomic E-state index is 10.7.